The van der Waals surface area contributed by atoms with Crippen molar-refractivity contribution in [2.45, 2.75) is 13.0 Å². The van der Waals surface area contributed by atoms with E-state index in [1.54, 1.807) is 6.20 Å². The van der Waals surface area contributed by atoms with E-state index in [2.05, 4.69) is 25.5 Å². The Labute approximate surface area is 136 Å². The van der Waals surface area contributed by atoms with Crippen LogP contribution in [0.1, 0.15) is 17.6 Å². The van der Waals surface area contributed by atoms with E-state index in [0.717, 1.165) is 43.6 Å². The van der Waals surface area contributed by atoms with E-state index in [1.165, 1.54) is 0 Å². The maximum atomic E-state index is 5.86. The highest BCUT2D eigenvalue weighted by Crippen LogP contribution is 2.24. The molecular weight excluding hydrogens is 294 g/mol. The van der Waals surface area contributed by atoms with Crippen LogP contribution in [0.2, 0.25) is 0 Å². The zero-order chi connectivity index (χ0) is 16.1. The van der Waals surface area contributed by atoms with E-state index in [1.807, 2.05) is 32.2 Å². The number of hydrogen-bond acceptors (Lipinski definition) is 7. The van der Waals surface area contributed by atoms with Crippen LogP contribution in [0.5, 0.6) is 0 Å². The molecule has 0 spiro atoms. The lowest BCUT2D eigenvalue weighted by molar-refractivity contribution is 0.0143. The molecule has 0 aromatic carbocycles. The van der Waals surface area contributed by atoms with Gasteiger partial charge in [0.05, 0.1) is 19.3 Å². The number of furan rings is 1. The number of ether oxygens (including phenoxy) is 1. The largest absolute Gasteiger partial charge is 0.465 e. The Kier molecular flexibility index (Phi) is 5.09. The van der Waals surface area contributed by atoms with Crippen LogP contribution in [0.15, 0.2) is 28.8 Å². The summed E-state index contributed by atoms with van der Waals surface area (Å²) in [5.74, 6) is 3.28. The SMILES string of the molecule is CNc1ccnc(NCC(c2ccc(C)o2)N2CCOCC2)n1. The fourth-order valence-electron chi connectivity index (χ4n) is 2.70. The molecule has 1 aliphatic heterocycles. The zero-order valence-electron chi connectivity index (χ0n) is 13.6. The van der Waals surface area contributed by atoms with E-state index >= 15 is 0 Å². The molecule has 1 fully saturated rings. The Bertz CT molecular complexity index is 624. The first-order chi connectivity index (χ1) is 11.3. The summed E-state index contributed by atoms with van der Waals surface area (Å²) in [6.45, 7) is 5.93. The van der Waals surface area contributed by atoms with Gasteiger partial charge in [0.15, 0.2) is 0 Å². The zero-order valence-corrected chi connectivity index (χ0v) is 13.6. The molecule has 2 N–H and O–H groups in total. The number of nitrogens with one attached hydrogen (secondary N) is 2. The van der Waals surface area contributed by atoms with Crippen LogP contribution in [0.3, 0.4) is 0 Å². The van der Waals surface area contributed by atoms with Gasteiger partial charge in [-0.05, 0) is 25.1 Å². The van der Waals surface area contributed by atoms with Gasteiger partial charge in [0.25, 0.3) is 0 Å². The lowest BCUT2D eigenvalue weighted by atomic mass is 10.1. The smallest absolute Gasteiger partial charge is 0.224 e. The molecule has 124 valence electrons. The number of morpholine rings is 1. The minimum atomic E-state index is 0.134. The number of anilines is 2. The monoisotopic (exact) mass is 317 g/mol. The highest BCUT2D eigenvalue weighted by molar-refractivity contribution is 5.39. The summed E-state index contributed by atoms with van der Waals surface area (Å²) in [5, 5.41) is 6.34. The second kappa shape index (κ2) is 7.43. The molecule has 1 aliphatic rings. The van der Waals surface area contributed by atoms with E-state index in [0.29, 0.717) is 12.5 Å². The van der Waals surface area contributed by atoms with Gasteiger partial charge in [0.1, 0.15) is 17.3 Å². The van der Waals surface area contributed by atoms with Gasteiger partial charge in [-0.3, -0.25) is 4.90 Å². The van der Waals surface area contributed by atoms with Gasteiger partial charge in [-0.15, -0.1) is 0 Å². The van der Waals surface area contributed by atoms with Crippen molar-refractivity contribution in [3.8, 4) is 0 Å². The van der Waals surface area contributed by atoms with Crippen LogP contribution in [0.4, 0.5) is 11.8 Å². The average Bonchev–Trinajstić information content (AvgIpc) is 3.02. The highest BCUT2D eigenvalue weighted by atomic mass is 16.5. The molecule has 23 heavy (non-hydrogen) atoms. The standard InChI is InChI=1S/C16H23N5O2/c1-12-3-4-14(23-12)13(21-7-9-22-10-8-21)11-19-16-18-6-5-15(17-2)20-16/h3-6,13H,7-11H2,1-2H3,(H2,17,18,19,20). The maximum absolute atomic E-state index is 5.86. The van der Waals surface area contributed by atoms with Gasteiger partial charge in [0.2, 0.25) is 5.95 Å². The van der Waals surface area contributed by atoms with Crippen molar-refractivity contribution in [1.82, 2.24) is 14.9 Å². The summed E-state index contributed by atoms with van der Waals surface area (Å²) in [4.78, 5) is 11.0. The first-order valence-electron chi connectivity index (χ1n) is 7.89. The van der Waals surface area contributed by atoms with Crippen molar-refractivity contribution >= 4 is 11.8 Å². The molecule has 7 heteroatoms. The Hall–Kier alpha value is -2.12. The summed E-state index contributed by atoms with van der Waals surface area (Å²) >= 11 is 0. The molecule has 3 heterocycles. The van der Waals surface area contributed by atoms with E-state index in [9.17, 15) is 0 Å². The molecule has 2 aromatic rings. The van der Waals surface area contributed by atoms with Gasteiger partial charge in [-0.25, -0.2) is 4.98 Å². The summed E-state index contributed by atoms with van der Waals surface area (Å²) in [6, 6.07) is 6.01. The Morgan fingerprint density at radius 2 is 2.09 bits per heavy atom. The first-order valence-corrected chi connectivity index (χ1v) is 7.89. The van der Waals surface area contributed by atoms with Crippen LogP contribution >= 0.6 is 0 Å². The molecule has 0 saturated carbocycles. The molecule has 2 aromatic heterocycles. The molecule has 1 saturated heterocycles. The minimum Gasteiger partial charge on any atom is -0.465 e. The van der Waals surface area contributed by atoms with Crippen molar-refractivity contribution < 1.29 is 9.15 Å². The molecule has 0 amide bonds. The highest BCUT2D eigenvalue weighted by Gasteiger charge is 2.25. The summed E-state index contributed by atoms with van der Waals surface area (Å²) in [5.41, 5.74) is 0. The summed E-state index contributed by atoms with van der Waals surface area (Å²) < 4.78 is 11.3. The molecule has 0 radical (unpaired) electrons. The van der Waals surface area contributed by atoms with Gasteiger partial charge in [-0.1, -0.05) is 0 Å². The quantitative estimate of drug-likeness (QED) is 0.843. The second-order valence-electron chi connectivity index (χ2n) is 5.51. The topological polar surface area (TPSA) is 75.5 Å². The molecule has 1 atom stereocenters. The number of rotatable bonds is 6. The first kappa shape index (κ1) is 15.8. The van der Waals surface area contributed by atoms with Gasteiger partial charge >= 0.3 is 0 Å². The van der Waals surface area contributed by atoms with Crippen molar-refractivity contribution in [2.24, 2.45) is 0 Å². The molecule has 3 rings (SSSR count). The Morgan fingerprint density at radius 3 is 2.78 bits per heavy atom. The van der Waals surface area contributed by atoms with Crippen molar-refractivity contribution in [1.29, 1.82) is 0 Å². The molecule has 7 nitrogen and oxygen atoms in total. The van der Waals surface area contributed by atoms with Crippen LogP contribution < -0.4 is 10.6 Å². The molecule has 0 aliphatic carbocycles. The van der Waals surface area contributed by atoms with Crippen LogP contribution in [-0.4, -0.2) is 54.8 Å². The third-order valence-corrected chi connectivity index (χ3v) is 3.94. The number of aromatic nitrogens is 2. The number of hydrogen-bond donors (Lipinski definition) is 2. The van der Waals surface area contributed by atoms with Crippen molar-refractivity contribution in [2.75, 3.05) is 50.5 Å². The van der Waals surface area contributed by atoms with Crippen molar-refractivity contribution in [3.63, 3.8) is 0 Å². The maximum Gasteiger partial charge on any atom is 0.224 e. The van der Waals surface area contributed by atoms with Crippen LogP contribution in [0, 0.1) is 6.92 Å². The predicted octanol–water partition coefficient (Wildman–Crippen LogP) is 1.91. The fourth-order valence-corrected chi connectivity index (χ4v) is 2.70. The fraction of sp³-hybridized carbons (Fsp3) is 0.500. The van der Waals surface area contributed by atoms with Gasteiger partial charge in [-0.2, -0.15) is 4.98 Å². The molecular formula is C16H23N5O2. The molecule has 1 unspecified atom stereocenters. The average molecular weight is 317 g/mol. The summed E-state index contributed by atoms with van der Waals surface area (Å²) in [7, 11) is 1.84. The molecule has 0 bridgehead atoms. The van der Waals surface area contributed by atoms with Gasteiger partial charge < -0.3 is 19.8 Å². The predicted molar refractivity (Wildman–Crippen MR) is 88.6 cm³/mol. The number of nitrogens with zero attached hydrogens (tertiary/aromatic N) is 3. The minimum absolute atomic E-state index is 0.134. The van der Waals surface area contributed by atoms with E-state index in [4.69, 9.17) is 9.15 Å². The Balaban J connectivity index is 1.72. The normalized spacial score (nSPS) is 17.0. The van der Waals surface area contributed by atoms with Crippen LogP contribution in [-0.2, 0) is 4.74 Å². The lowest BCUT2D eigenvalue weighted by Crippen LogP contribution is -2.41. The van der Waals surface area contributed by atoms with Gasteiger partial charge in [0, 0.05) is 32.9 Å². The Morgan fingerprint density at radius 1 is 1.26 bits per heavy atom. The van der Waals surface area contributed by atoms with E-state index < -0.39 is 0 Å². The third kappa shape index (κ3) is 4.00. The lowest BCUT2D eigenvalue weighted by Gasteiger charge is -2.33. The number of aryl methyl sites for hydroxylation is 1. The second-order valence-corrected chi connectivity index (χ2v) is 5.51. The van der Waals surface area contributed by atoms with Crippen LogP contribution in [0.25, 0.3) is 0 Å². The van der Waals surface area contributed by atoms with Crippen molar-refractivity contribution in [3.05, 3.63) is 35.9 Å². The third-order valence-electron chi connectivity index (χ3n) is 3.94. The summed E-state index contributed by atoms with van der Waals surface area (Å²) in [6.07, 6.45) is 1.74. The van der Waals surface area contributed by atoms with E-state index in [-0.39, 0.29) is 6.04 Å².